The Hall–Kier alpha value is -0.650. The summed E-state index contributed by atoms with van der Waals surface area (Å²) in [6, 6.07) is 1.95. The Bertz CT molecular complexity index is 610. The molecule has 1 unspecified atom stereocenters. The third-order valence-corrected chi connectivity index (χ3v) is 3.64. The smallest absolute Gasteiger partial charge is 0.160 e. The summed E-state index contributed by atoms with van der Waals surface area (Å²) in [4.78, 5) is 9.07. The van der Waals surface area contributed by atoms with E-state index in [2.05, 4.69) is 44.3 Å². The fraction of sp³-hybridized carbons (Fsp3) is 0.571. The lowest BCUT2D eigenvalue weighted by Crippen LogP contribution is -2.31. The van der Waals surface area contributed by atoms with Crippen LogP contribution in [0.25, 0.3) is 11.2 Å². The average molecular weight is 361 g/mol. The number of fused-ring (bicyclic) bond motifs is 1. The molecule has 4 nitrogen and oxygen atoms in total. The Morgan fingerprint density at radius 1 is 1.50 bits per heavy atom. The number of hydrogen-bond acceptors (Lipinski definition) is 3. The summed E-state index contributed by atoms with van der Waals surface area (Å²) in [5.74, 6) is 0.819. The first-order valence-corrected chi connectivity index (χ1v) is 7.86. The minimum atomic E-state index is -0.294. The lowest BCUT2D eigenvalue weighted by Gasteiger charge is -2.26. The Kier molecular flexibility index (Phi) is 4.72. The van der Waals surface area contributed by atoms with Crippen LogP contribution in [-0.4, -0.2) is 26.7 Å². The van der Waals surface area contributed by atoms with E-state index in [1.54, 1.807) is 6.20 Å². The lowest BCUT2D eigenvalue weighted by molar-refractivity contribution is -0.0222. The molecule has 0 saturated carbocycles. The summed E-state index contributed by atoms with van der Waals surface area (Å²) in [7, 11) is 0. The van der Waals surface area contributed by atoms with Crippen molar-refractivity contribution >= 4 is 38.7 Å². The molecule has 0 saturated heterocycles. The molecule has 2 heterocycles. The molecule has 0 aliphatic rings. The van der Waals surface area contributed by atoms with E-state index in [1.165, 1.54) is 0 Å². The first kappa shape index (κ1) is 15.7. The maximum Gasteiger partial charge on any atom is 0.160 e. The van der Waals surface area contributed by atoms with Crippen LogP contribution in [0.2, 0.25) is 0 Å². The van der Waals surface area contributed by atoms with Gasteiger partial charge in [-0.25, -0.2) is 9.97 Å². The normalized spacial score (nSPS) is 13.9. The quantitative estimate of drug-likeness (QED) is 0.746. The maximum atomic E-state index is 6.26. The monoisotopic (exact) mass is 359 g/mol. The van der Waals surface area contributed by atoms with E-state index < -0.39 is 0 Å². The van der Waals surface area contributed by atoms with Crippen LogP contribution in [-0.2, 0) is 11.3 Å². The van der Waals surface area contributed by atoms with Crippen LogP contribution >= 0.6 is 27.5 Å². The molecule has 0 bridgehead atoms. The van der Waals surface area contributed by atoms with E-state index in [0.29, 0.717) is 13.2 Å². The van der Waals surface area contributed by atoms with Gasteiger partial charge < -0.3 is 9.30 Å². The summed E-state index contributed by atoms with van der Waals surface area (Å²) in [5, 5.41) is -0.180. The fourth-order valence-corrected chi connectivity index (χ4v) is 2.77. The molecule has 6 heteroatoms. The molecule has 0 amide bonds. The highest BCUT2D eigenvalue weighted by Crippen LogP contribution is 2.27. The number of imidazole rings is 1. The molecule has 0 aromatic carbocycles. The first-order chi connectivity index (χ1) is 9.34. The summed E-state index contributed by atoms with van der Waals surface area (Å²) in [6.07, 6.45) is 1.77. The predicted molar refractivity (Wildman–Crippen MR) is 85.2 cm³/mol. The van der Waals surface area contributed by atoms with Gasteiger partial charge in [0.05, 0.1) is 17.5 Å². The number of alkyl halides is 1. The summed E-state index contributed by atoms with van der Waals surface area (Å²) in [5.41, 5.74) is 1.38. The van der Waals surface area contributed by atoms with Crippen molar-refractivity contribution in [1.82, 2.24) is 14.5 Å². The third-order valence-electron chi connectivity index (χ3n) is 3.01. The van der Waals surface area contributed by atoms with Crippen LogP contribution in [0, 0.1) is 0 Å². The second kappa shape index (κ2) is 6.00. The molecule has 110 valence electrons. The summed E-state index contributed by atoms with van der Waals surface area (Å²) in [6.45, 7) is 9.37. The maximum absolute atomic E-state index is 6.26. The molecule has 2 aromatic rings. The van der Waals surface area contributed by atoms with E-state index in [1.807, 2.05) is 19.9 Å². The number of rotatable bonds is 5. The molecule has 0 fully saturated rings. The molecular weight excluding hydrogens is 342 g/mol. The fourth-order valence-electron chi connectivity index (χ4n) is 2.28. The van der Waals surface area contributed by atoms with Crippen molar-refractivity contribution in [3.63, 3.8) is 0 Å². The van der Waals surface area contributed by atoms with Crippen molar-refractivity contribution in [3.8, 4) is 0 Å². The SMILES string of the molecule is CCOC(C)(C)Cn1c(C(C)Cl)nc2cc(Br)cnc21. The van der Waals surface area contributed by atoms with E-state index in [0.717, 1.165) is 21.5 Å². The van der Waals surface area contributed by atoms with Crippen molar-refractivity contribution in [2.24, 2.45) is 0 Å². The van der Waals surface area contributed by atoms with Crippen LogP contribution in [0.1, 0.15) is 38.9 Å². The van der Waals surface area contributed by atoms with Crippen molar-refractivity contribution < 1.29 is 4.74 Å². The predicted octanol–water partition coefficient (Wildman–Crippen LogP) is 4.31. The Morgan fingerprint density at radius 2 is 2.20 bits per heavy atom. The van der Waals surface area contributed by atoms with Gasteiger partial charge in [-0.1, -0.05) is 0 Å². The molecular formula is C14H19BrClN3O. The second-order valence-electron chi connectivity index (χ2n) is 5.36. The van der Waals surface area contributed by atoms with Gasteiger partial charge >= 0.3 is 0 Å². The Labute approximate surface area is 132 Å². The van der Waals surface area contributed by atoms with Gasteiger partial charge in [0.2, 0.25) is 0 Å². The van der Waals surface area contributed by atoms with Crippen LogP contribution in [0.4, 0.5) is 0 Å². The van der Waals surface area contributed by atoms with E-state index in [4.69, 9.17) is 16.3 Å². The topological polar surface area (TPSA) is 39.9 Å². The largest absolute Gasteiger partial charge is 0.374 e. The van der Waals surface area contributed by atoms with Crippen LogP contribution in [0.5, 0.6) is 0 Å². The van der Waals surface area contributed by atoms with Crippen molar-refractivity contribution in [3.05, 3.63) is 22.6 Å². The molecule has 2 rings (SSSR count). The minimum Gasteiger partial charge on any atom is -0.374 e. The highest BCUT2D eigenvalue weighted by atomic mass is 79.9. The standard InChI is InChI=1S/C14H19BrClN3O/c1-5-20-14(3,4)8-19-12(9(2)16)18-11-6-10(15)7-17-13(11)19/h6-7,9H,5,8H2,1-4H3. The number of aromatic nitrogens is 3. The number of ether oxygens (including phenoxy) is 1. The van der Waals surface area contributed by atoms with E-state index >= 15 is 0 Å². The zero-order valence-corrected chi connectivity index (χ0v) is 14.5. The van der Waals surface area contributed by atoms with Gasteiger partial charge in [-0.2, -0.15) is 0 Å². The number of pyridine rings is 1. The highest BCUT2D eigenvalue weighted by Gasteiger charge is 2.24. The second-order valence-corrected chi connectivity index (χ2v) is 6.93. The first-order valence-electron chi connectivity index (χ1n) is 6.64. The Balaban J connectivity index is 2.51. The average Bonchev–Trinajstić information content (AvgIpc) is 2.66. The third kappa shape index (κ3) is 3.32. The van der Waals surface area contributed by atoms with Gasteiger partial charge in [-0.15, -0.1) is 11.6 Å². The zero-order valence-electron chi connectivity index (χ0n) is 12.2. The van der Waals surface area contributed by atoms with Crippen molar-refractivity contribution in [1.29, 1.82) is 0 Å². The molecule has 0 N–H and O–H groups in total. The van der Waals surface area contributed by atoms with Gasteiger partial charge in [0.15, 0.2) is 5.65 Å². The molecule has 0 spiro atoms. The molecule has 20 heavy (non-hydrogen) atoms. The molecule has 2 aromatic heterocycles. The highest BCUT2D eigenvalue weighted by molar-refractivity contribution is 9.10. The molecule has 0 aliphatic heterocycles. The van der Waals surface area contributed by atoms with Gasteiger partial charge in [0.1, 0.15) is 11.3 Å². The van der Waals surface area contributed by atoms with Gasteiger partial charge in [-0.05, 0) is 49.7 Å². The van der Waals surface area contributed by atoms with Crippen molar-refractivity contribution in [2.75, 3.05) is 6.61 Å². The van der Waals surface area contributed by atoms with Crippen LogP contribution in [0.15, 0.2) is 16.7 Å². The van der Waals surface area contributed by atoms with E-state index in [-0.39, 0.29) is 11.0 Å². The van der Waals surface area contributed by atoms with Gasteiger partial charge in [-0.3, -0.25) is 0 Å². The summed E-state index contributed by atoms with van der Waals surface area (Å²) < 4.78 is 8.74. The van der Waals surface area contributed by atoms with Gasteiger partial charge in [0, 0.05) is 17.3 Å². The zero-order chi connectivity index (χ0) is 14.9. The lowest BCUT2D eigenvalue weighted by atomic mass is 10.1. The van der Waals surface area contributed by atoms with Crippen LogP contribution in [0.3, 0.4) is 0 Å². The van der Waals surface area contributed by atoms with Crippen LogP contribution < -0.4 is 0 Å². The number of nitrogens with zero attached hydrogens (tertiary/aromatic N) is 3. The van der Waals surface area contributed by atoms with Gasteiger partial charge in [0.25, 0.3) is 0 Å². The number of hydrogen-bond donors (Lipinski definition) is 0. The van der Waals surface area contributed by atoms with E-state index in [9.17, 15) is 0 Å². The summed E-state index contributed by atoms with van der Waals surface area (Å²) >= 11 is 9.68. The molecule has 0 radical (unpaired) electrons. The molecule has 0 aliphatic carbocycles. The Morgan fingerprint density at radius 3 is 2.80 bits per heavy atom. The van der Waals surface area contributed by atoms with Crippen molar-refractivity contribution in [2.45, 2.75) is 45.2 Å². The number of halogens is 2. The minimum absolute atomic E-state index is 0.180. The molecule has 1 atom stereocenters.